The molecule has 0 aliphatic carbocycles. The Hall–Kier alpha value is -1.52. The summed E-state index contributed by atoms with van der Waals surface area (Å²) in [5.41, 5.74) is -0.544. The van der Waals surface area contributed by atoms with Gasteiger partial charge < -0.3 is 4.74 Å². The first kappa shape index (κ1) is 16.5. The highest BCUT2D eigenvalue weighted by Crippen LogP contribution is 2.37. The summed E-state index contributed by atoms with van der Waals surface area (Å²) in [5.74, 6) is -0.717. The first-order valence-corrected chi connectivity index (χ1v) is 6.79. The number of nitrogens with one attached hydrogen (secondary N) is 1. The smallest absolute Gasteiger partial charge is 0.416 e. The first-order valence-electron chi connectivity index (χ1n) is 6.79. The van der Waals surface area contributed by atoms with Crippen LogP contribution in [0.25, 0.3) is 0 Å². The van der Waals surface area contributed by atoms with Crippen LogP contribution in [0.3, 0.4) is 0 Å². The molecule has 1 aromatic rings. The number of hydrogen-bond acceptors (Lipinski definition) is 2. The molecular weight excluding hydrogens is 267 g/mol. The van der Waals surface area contributed by atoms with Crippen molar-refractivity contribution in [2.75, 3.05) is 6.61 Å². The highest BCUT2D eigenvalue weighted by Gasteiger charge is 2.36. The van der Waals surface area contributed by atoms with Gasteiger partial charge in [-0.3, -0.25) is 5.41 Å². The average molecular weight is 287 g/mol. The molecule has 2 nitrogen and oxygen atoms in total. The molecule has 0 fully saturated rings. The zero-order chi connectivity index (χ0) is 15.2. The Morgan fingerprint density at radius 1 is 1.25 bits per heavy atom. The summed E-state index contributed by atoms with van der Waals surface area (Å²) in [6, 6.07) is 5.44. The molecule has 5 heteroatoms. The van der Waals surface area contributed by atoms with Gasteiger partial charge >= 0.3 is 6.18 Å². The minimum atomic E-state index is -4.41. The summed E-state index contributed by atoms with van der Waals surface area (Å²) >= 11 is 0. The number of unbranched alkanes of at least 4 members (excludes halogenated alkanes) is 1. The fourth-order valence-corrected chi connectivity index (χ4v) is 2.15. The molecule has 0 bridgehead atoms. The van der Waals surface area contributed by atoms with Gasteiger partial charge in [0.15, 0.2) is 5.90 Å². The van der Waals surface area contributed by atoms with Crippen LogP contribution in [-0.4, -0.2) is 12.5 Å². The molecule has 1 atom stereocenters. The van der Waals surface area contributed by atoms with Crippen molar-refractivity contribution in [2.24, 2.45) is 0 Å². The third-order valence-corrected chi connectivity index (χ3v) is 3.10. The van der Waals surface area contributed by atoms with Gasteiger partial charge in [-0.15, -0.1) is 0 Å². The van der Waals surface area contributed by atoms with Crippen molar-refractivity contribution >= 4 is 5.90 Å². The molecular formula is C15H20F3NO. The van der Waals surface area contributed by atoms with Gasteiger partial charge in [-0.1, -0.05) is 38.0 Å². The Kier molecular flexibility index (Phi) is 6.05. The zero-order valence-corrected chi connectivity index (χ0v) is 11.8. The van der Waals surface area contributed by atoms with Crippen molar-refractivity contribution in [1.29, 1.82) is 5.41 Å². The minimum absolute atomic E-state index is 0.0855. The molecule has 0 saturated carbocycles. The van der Waals surface area contributed by atoms with Gasteiger partial charge in [0, 0.05) is 0 Å². The van der Waals surface area contributed by atoms with Crippen molar-refractivity contribution in [1.82, 2.24) is 0 Å². The van der Waals surface area contributed by atoms with E-state index >= 15 is 0 Å². The van der Waals surface area contributed by atoms with Crippen LogP contribution in [0.2, 0.25) is 0 Å². The van der Waals surface area contributed by atoms with Gasteiger partial charge in [0.2, 0.25) is 0 Å². The minimum Gasteiger partial charge on any atom is -0.481 e. The molecule has 0 amide bonds. The molecule has 0 aromatic heterocycles. The fraction of sp³-hybridized carbons (Fsp3) is 0.533. The van der Waals surface area contributed by atoms with Crippen molar-refractivity contribution in [3.8, 4) is 0 Å². The lowest BCUT2D eigenvalue weighted by atomic mass is 9.89. The number of rotatable bonds is 6. The number of benzene rings is 1. The van der Waals surface area contributed by atoms with Gasteiger partial charge in [0.25, 0.3) is 0 Å². The quantitative estimate of drug-likeness (QED) is 0.580. The molecule has 0 radical (unpaired) electrons. The van der Waals surface area contributed by atoms with Gasteiger partial charge in [-0.05, 0) is 25.0 Å². The number of hydrogen-bond donors (Lipinski definition) is 1. The Bertz CT molecular complexity index is 443. The number of halogens is 3. The lowest BCUT2D eigenvalue weighted by molar-refractivity contribution is -0.138. The van der Waals surface area contributed by atoms with Crippen LogP contribution in [0.1, 0.15) is 50.2 Å². The maximum Gasteiger partial charge on any atom is 0.416 e. The van der Waals surface area contributed by atoms with Crippen molar-refractivity contribution in [3.63, 3.8) is 0 Å². The van der Waals surface area contributed by atoms with Gasteiger partial charge in [-0.25, -0.2) is 0 Å². The predicted octanol–water partition coefficient (Wildman–Crippen LogP) is 4.99. The van der Waals surface area contributed by atoms with Crippen LogP contribution in [-0.2, 0) is 10.9 Å². The predicted molar refractivity (Wildman–Crippen MR) is 73.1 cm³/mol. The SMILES string of the molecule is CCCCC(C(=N)OCC)c1ccccc1C(F)(F)F. The molecule has 0 heterocycles. The van der Waals surface area contributed by atoms with Crippen LogP contribution < -0.4 is 0 Å². The van der Waals surface area contributed by atoms with Gasteiger partial charge in [-0.2, -0.15) is 13.2 Å². The second-order valence-electron chi connectivity index (χ2n) is 4.58. The Balaban J connectivity index is 3.16. The zero-order valence-electron chi connectivity index (χ0n) is 11.8. The van der Waals surface area contributed by atoms with E-state index in [1.54, 1.807) is 13.0 Å². The molecule has 0 aliphatic heterocycles. The fourth-order valence-electron chi connectivity index (χ4n) is 2.15. The maximum absolute atomic E-state index is 13.1. The molecule has 1 aromatic carbocycles. The Labute approximate surface area is 117 Å². The molecule has 1 N–H and O–H groups in total. The van der Waals surface area contributed by atoms with Crippen molar-refractivity contribution in [3.05, 3.63) is 35.4 Å². The Morgan fingerprint density at radius 2 is 1.90 bits per heavy atom. The lowest BCUT2D eigenvalue weighted by Gasteiger charge is -2.22. The largest absolute Gasteiger partial charge is 0.481 e. The number of alkyl halides is 3. The second-order valence-corrected chi connectivity index (χ2v) is 4.58. The van der Waals surface area contributed by atoms with Gasteiger partial charge in [0.05, 0.1) is 18.1 Å². The van der Waals surface area contributed by atoms with Crippen molar-refractivity contribution in [2.45, 2.75) is 45.2 Å². The topological polar surface area (TPSA) is 33.1 Å². The summed E-state index contributed by atoms with van der Waals surface area (Å²) < 4.78 is 44.3. The van der Waals surface area contributed by atoms with E-state index in [0.717, 1.165) is 18.9 Å². The molecule has 20 heavy (non-hydrogen) atoms. The van der Waals surface area contributed by atoms with E-state index in [0.29, 0.717) is 6.42 Å². The molecule has 112 valence electrons. The van der Waals surface area contributed by atoms with Crippen LogP contribution in [0.4, 0.5) is 13.2 Å². The molecule has 0 saturated heterocycles. The standard InChI is InChI=1S/C15H20F3NO/c1-3-5-8-12(14(19)20-4-2)11-9-6-7-10-13(11)15(16,17)18/h6-7,9-10,12,19H,3-5,8H2,1-2H3. The summed E-state index contributed by atoms with van der Waals surface area (Å²) in [6.45, 7) is 3.98. The van der Waals surface area contributed by atoms with Crippen LogP contribution in [0.5, 0.6) is 0 Å². The van der Waals surface area contributed by atoms with E-state index in [1.165, 1.54) is 12.1 Å². The number of ether oxygens (including phenoxy) is 1. The monoisotopic (exact) mass is 287 g/mol. The lowest BCUT2D eigenvalue weighted by Crippen LogP contribution is -2.20. The van der Waals surface area contributed by atoms with Crippen LogP contribution >= 0.6 is 0 Å². The van der Waals surface area contributed by atoms with E-state index in [1.807, 2.05) is 6.92 Å². The van der Waals surface area contributed by atoms with E-state index in [4.69, 9.17) is 10.1 Å². The van der Waals surface area contributed by atoms with E-state index in [-0.39, 0.29) is 18.1 Å². The first-order chi connectivity index (χ1) is 9.41. The molecule has 1 unspecified atom stereocenters. The summed E-state index contributed by atoms with van der Waals surface area (Å²) in [4.78, 5) is 0. The molecule has 0 aliphatic rings. The summed E-state index contributed by atoms with van der Waals surface area (Å²) in [6.07, 6.45) is -2.30. The van der Waals surface area contributed by atoms with E-state index < -0.39 is 17.7 Å². The highest BCUT2D eigenvalue weighted by molar-refractivity contribution is 5.81. The van der Waals surface area contributed by atoms with Crippen LogP contribution in [0, 0.1) is 5.41 Å². The average Bonchev–Trinajstić information content (AvgIpc) is 2.39. The van der Waals surface area contributed by atoms with E-state index in [9.17, 15) is 13.2 Å². The molecule has 0 spiro atoms. The summed E-state index contributed by atoms with van der Waals surface area (Å²) in [5, 5.41) is 7.87. The second kappa shape index (κ2) is 7.31. The van der Waals surface area contributed by atoms with E-state index in [2.05, 4.69) is 0 Å². The van der Waals surface area contributed by atoms with Crippen LogP contribution in [0.15, 0.2) is 24.3 Å². The highest BCUT2D eigenvalue weighted by atomic mass is 19.4. The molecule has 1 rings (SSSR count). The normalized spacial score (nSPS) is 13.1. The third kappa shape index (κ3) is 4.25. The van der Waals surface area contributed by atoms with Crippen molar-refractivity contribution < 1.29 is 17.9 Å². The maximum atomic E-state index is 13.1. The summed E-state index contributed by atoms with van der Waals surface area (Å²) in [7, 11) is 0. The van der Waals surface area contributed by atoms with Gasteiger partial charge in [0.1, 0.15) is 0 Å². The Morgan fingerprint density at radius 3 is 2.45 bits per heavy atom. The third-order valence-electron chi connectivity index (χ3n) is 3.10.